The minimum Gasteiger partial charge on any atom is -0.480 e. The Morgan fingerprint density at radius 2 is 1.50 bits per heavy atom. The summed E-state index contributed by atoms with van der Waals surface area (Å²) in [6.07, 6.45) is 1.40. The Hall–Kier alpha value is -3.34. The van der Waals surface area contributed by atoms with Crippen LogP contribution in [0.5, 0.6) is 0 Å². The van der Waals surface area contributed by atoms with Crippen molar-refractivity contribution in [3.05, 3.63) is 0 Å². The largest absolute Gasteiger partial charge is 0.480 e. The Balaban J connectivity index is 3.02. The van der Waals surface area contributed by atoms with Crippen molar-refractivity contribution in [1.29, 1.82) is 0 Å². The maximum atomic E-state index is 13.2. The minimum absolute atomic E-state index is 0.109. The lowest BCUT2D eigenvalue weighted by molar-refractivity contribution is -0.144. The molecular formula is C30H55N7O9. The van der Waals surface area contributed by atoms with Crippen LogP contribution in [0.4, 0.5) is 0 Å². The molecule has 11 N–H and O–H groups in total. The van der Waals surface area contributed by atoms with Crippen molar-refractivity contribution in [3.63, 3.8) is 0 Å². The second-order valence-electron chi connectivity index (χ2n) is 12.5. The molecule has 8 atom stereocenters. The third kappa shape index (κ3) is 12.5. The molecule has 16 heteroatoms. The van der Waals surface area contributed by atoms with Gasteiger partial charge in [0.15, 0.2) is 0 Å². The highest BCUT2D eigenvalue weighted by Crippen LogP contribution is 2.20. The van der Waals surface area contributed by atoms with Gasteiger partial charge in [-0.2, -0.15) is 0 Å². The van der Waals surface area contributed by atoms with E-state index in [1.54, 1.807) is 13.8 Å². The summed E-state index contributed by atoms with van der Waals surface area (Å²) in [5.41, 5.74) is 11.6. The predicted molar refractivity (Wildman–Crippen MR) is 169 cm³/mol. The predicted octanol–water partition coefficient (Wildman–Crippen LogP) is -2.08. The van der Waals surface area contributed by atoms with E-state index in [4.69, 9.17) is 11.5 Å². The van der Waals surface area contributed by atoms with Gasteiger partial charge in [-0.05, 0) is 63.8 Å². The molecule has 1 heterocycles. The van der Waals surface area contributed by atoms with Crippen LogP contribution in [0.1, 0.15) is 79.6 Å². The summed E-state index contributed by atoms with van der Waals surface area (Å²) in [6, 6.07) is -7.23. The number of carbonyl (C=O) groups excluding carboxylic acids is 5. The number of aliphatic hydroxyl groups is 2. The highest BCUT2D eigenvalue weighted by Gasteiger charge is 2.39. The van der Waals surface area contributed by atoms with E-state index in [1.807, 2.05) is 13.8 Å². The summed E-state index contributed by atoms with van der Waals surface area (Å²) in [7, 11) is 0. The zero-order chi connectivity index (χ0) is 35.1. The molecule has 46 heavy (non-hydrogen) atoms. The van der Waals surface area contributed by atoms with Crippen LogP contribution in [0, 0.1) is 11.8 Å². The first-order valence-electron chi connectivity index (χ1n) is 16.1. The second-order valence-corrected chi connectivity index (χ2v) is 12.5. The van der Waals surface area contributed by atoms with E-state index >= 15 is 0 Å². The summed E-state index contributed by atoms with van der Waals surface area (Å²) in [6.45, 7) is 8.29. The molecule has 0 saturated carbocycles. The number of nitrogens with one attached hydrogen (secondary N) is 4. The molecule has 264 valence electrons. The molecule has 5 amide bonds. The van der Waals surface area contributed by atoms with Crippen molar-refractivity contribution in [3.8, 4) is 0 Å². The molecule has 1 aliphatic heterocycles. The van der Waals surface area contributed by atoms with Gasteiger partial charge in [-0.1, -0.05) is 34.1 Å². The first-order chi connectivity index (χ1) is 21.6. The summed E-state index contributed by atoms with van der Waals surface area (Å²) < 4.78 is 0. The van der Waals surface area contributed by atoms with Crippen LogP contribution in [0.2, 0.25) is 0 Å². The van der Waals surface area contributed by atoms with E-state index in [9.17, 15) is 44.1 Å². The lowest BCUT2D eigenvalue weighted by Gasteiger charge is -2.30. The monoisotopic (exact) mass is 657 g/mol. The van der Waals surface area contributed by atoms with Gasteiger partial charge in [-0.15, -0.1) is 0 Å². The molecule has 0 aliphatic carbocycles. The van der Waals surface area contributed by atoms with Gasteiger partial charge in [0, 0.05) is 6.54 Å². The smallest absolute Gasteiger partial charge is 0.326 e. The minimum atomic E-state index is -1.58. The Kier molecular flexibility index (Phi) is 17.7. The summed E-state index contributed by atoms with van der Waals surface area (Å²) in [4.78, 5) is 78.6. The van der Waals surface area contributed by atoms with E-state index < -0.39 is 84.5 Å². The number of nitrogens with two attached hydrogens (primary N) is 2. The number of hydrogen-bond donors (Lipinski definition) is 9. The number of likely N-dealkylation sites (tertiary alicyclic amines) is 1. The quantitative estimate of drug-likeness (QED) is 0.0642. The van der Waals surface area contributed by atoms with Gasteiger partial charge < -0.3 is 53.0 Å². The molecular weight excluding hydrogens is 602 g/mol. The molecule has 1 fully saturated rings. The molecule has 16 nitrogen and oxygen atoms in total. The molecule has 1 aliphatic rings. The molecule has 0 aromatic heterocycles. The molecule has 0 aromatic carbocycles. The standard InChI is InChI=1S/C30H55N7O9/c1-6-17(4)23(30(45)46)35-25(40)20(10-7-8-12-31)33-26(41)21(15-38)34-28(43)24(18(5)39)36-27(42)22-11-9-13-37(22)29(44)19(32)14-16(2)3/h16-24,38-39H,6-15,31-32H2,1-5H3,(H,33,41)(H,34,43)(H,35,40)(H,36,42)(H,45,46)/t17-,18+,19-,20-,21-,22-,23-,24-/m0/s1. The van der Waals surface area contributed by atoms with Crippen molar-refractivity contribution in [2.75, 3.05) is 19.7 Å². The fourth-order valence-corrected chi connectivity index (χ4v) is 5.21. The molecule has 1 rings (SSSR count). The molecule has 0 radical (unpaired) electrons. The van der Waals surface area contributed by atoms with E-state index in [0.717, 1.165) is 0 Å². The first kappa shape index (κ1) is 40.7. The van der Waals surface area contributed by atoms with E-state index in [2.05, 4.69) is 21.3 Å². The fourth-order valence-electron chi connectivity index (χ4n) is 5.21. The Morgan fingerprint density at radius 1 is 0.891 bits per heavy atom. The van der Waals surface area contributed by atoms with Crippen molar-refractivity contribution in [2.24, 2.45) is 23.3 Å². The van der Waals surface area contributed by atoms with Crippen molar-refractivity contribution < 1.29 is 44.1 Å². The number of aliphatic hydroxyl groups excluding tert-OH is 2. The summed E-state index contributed by atoms with van der Waals surface area (Å²) >= 11 is 0. The maximum Gasteiger partial charge on any atom is 0.326 e. The lowest BCUT2D eigenvalue weighted by Crippen LogP contribution is -2.61. The van der Waals surface area contributed by atoms with Gasteiger partial charge in [0.2, 0.25) is 29.5 Å². The van der Waals surface area contributed by atoms with Crippen LogP contribution in [-0.2, 0) is 28.8 Å². The van der Waals surface area contributed by atoms with Crippen LogP contribution < -0.4 is 32.7 Å². The molecule has 0 bridgehead atoms. The zero-order valence-electron chi connectivity index (χ0n) is 27.7. The van der Waals surface area contributed by atoms with Gasteiger partial charge in [0.1, 0.15) is 30.2 Å². The summed E-state index contributed by atoms with van der Waals surface area (Å²) in [5, 5.41) is 39.5. The average Bonchev–Trinajstić information content (AvgIpc) is 3.49. The third-order valence-corrected chi connectivity index (χ3v) is 8.12. The van der Waals surface area contributed by atoms with Crippen molar-refractivity contribution in [1.82, 2.24) is 26.2 Å². The van der Waals surface area contributed by atoms with Crippen LogP contribution in [0.25, 0.3) is 0 Å². The van der Waals surface area contributed by atoms with Crippen molar-refractivity contribution >= 4 is 35.5 Å². The van der Waals surface area contributed by atoms with E-state index in [1.165, 1.54) is 11.8 Å². The zero-order valence-corrected chi connectivity index (χ0v) is 27.7. The number of unbranched alkanes of at least 4 members (excludes halogenated alkanes) is 1. The summed E-state index contributed by atoms with van der Waals surface area (Å²) in [5.74, 6) is -5.21. The van der Waals surface area contributed by atoms with Crippen molar-refractivity contribution in [2.45, 2.75) is 122 Å². The Bertz CT molecular complexity index is 1040. The average molecular weight is 658 g/mol. The number of carbonyl (C=O) groups is 6. The van der Waals surface area contributed by atoms with Gasteiger partial charge >= 0.3 is 5.97 Å². The Labute approximate surface area is 270 Å². The first-order valence-corrected chi connectivity index (χ1v) is 16.1. The molecule has 0 aromatic rings. The maximum absolute atomic E-state index is 13.2. The number of carboxylic acid groups (broad SMARTS) is 1. The fraction of sp³-hybridized carbons (Fsp3) is 0.800. The number of hydrogen-bond acceptors (Lipinski definition) is 10. The van der Waals surface area contributed by atoms with Gasteiger partial charge in [0.05, 0.1) is 18.8 Å². The normalized spacial score (nSPS) is 19.3. The number of amides is 5. The SMILES string of the molecule is CC[C@H](C)[C@H](NC(=O)[C@H](CCCCN)NC(=O)[C@H](CO)NC(=O)[C@@H](NC(=O)[C@@H]1CCCN1C(=O)[C@@H](N)CC(C)C)[C@@H](C)O)C(=O)O. The number of rotatable bonds is 20. The van der Waals surface area contributed by atoms with Gasteiger partial charge in [-0.25, -0.2) is 4.79 Å². The molecule has 1 saturated heterocycles. The topological polar surface area (TPSA) is 267 Å². The second kappa shape index (κ2) is 20.0. The van der Waals surface area contributed by atoms with Gasteiger partial charge in [0.25, 0.3) is 0 Å². The Morgan fingerprint density at radius 3 is 2.02 bits per heavy atom. The third-order valence-electron chi connectivity index (χ3n) is 8.12. The van der Waals surface area contributed by atoms with E-state index in [-0.39, 0.29) is 18.2 Å². The number of carboxylic acids is 1. The lowest BCUT2D eigenvalue weighted by atomic mass is 9.98. The number of nitrogens with zero attached hydrogens (tertiary/aromatic N) is 1. The van der Waals surface area contributed by atoms with Crippen LogP contribution in [0.3, 0.4) is 0 Å². The highest BCUT2D eigenvalue weighted by molar-refractivity contribution is 5.96. The van der Waals surface area contributed by atoms with Gasteiger partial charge in [-0.3, -0.25) is 24.0 Å². The molecule has 0 spiro atoms. The molecule has 0 unspecified atom stereocenters. The number of aliphatic carboxylic acids is 1. The van der Waals surface area contributed by atoms with E-state index in [0.29, 0.717) is 51.6 Å². The highest BCUT2D eigenvalue weighted by atomic mass is 16.4. The van der Waals surface area contributed by atoms with Crippen LogP contribution in [-0.4, -0.2) is 118 Å². The van der Waals surface area contributed by atoms with Crippen LogP contribution >= 0.6 is 0 Å². The van der Waals surface area contributed by atoms with Crippen LogP contribution in [0.15, 0.2) is 0 Å².